The summed E-state index contributed by atoms with van der Waals surface area (Å²) in [5.74, 6) is 0.955. The lowest BCUT2D eigenvalue weighted by Crippen LogP contribution is -2.40. The Morgan fingerprint density at radius 2 is 2.07 bits per heavy atom. The normalized spacial score (nSPS) is 14.0. The second kappa shape index (κ2) is 8.58. The van der Waals surface area contributed by atoms with Crippen LogP contribution in [0.1, 0.15) is 17.3 Å². The van der Waals surface area contributed by atoms with Crippen LogP contribution in [0.15, 0.2) is 30.5 Å². The molecule has 0 bridgehead atoms. The van der Waals surface area contributed by atoms with Gasteiger partial charge in [-0.2, -0.15) is 9.97 Å². The predicted molar refractivity (Wildman–Crippen MR) is 116 cm³/mol. The van der Waals surface area contributed by atoms with Gasteiger partial charge >= 0.3 is 0 Å². The zero-order chi connectivity index (χ0) is 21.1. The number of nitrogens with one attached hydrogen (secondary N) is 2. The third-order valence-electron chi connectivity index (χ3n) is 4.93. The van der Waals surface area contributed by atoms with Crippen molar-refractivity contribution in [3.63, 3.8) is 0 Å². The number of hydrogen-bond donors (Lipinski definition) is 2. The number of nitrogens with zero attached hydrogens (tertiary/aromatic N) is 4. The Bertz CT molecular complexity index is 1040. The van der Waals surface area contributed by atoms with Crippen LogP contribution >= 0.6 is 0 Å². The van der Waals surface area contributed by atoms with Crippen LogP contribution in [0.3, 0.4) is 0 Å². The number of amides is 1. The summed E-state index contributed by atoms with van der Waals surface area (Å²) in [4.78, 5) is 28.8. The minimum Gasteiger partial charge on any atom is -0.477 e. The highest BCUT2D eigenvalue weighted by atomic mass is 16.5. The van der Waals surface area contributed by atoms with Gasteiger partial charge in [0.2, 0.25) is 11.8 Å². The minimum absolute atomic E-state index is 0.00985. The van der Waals surface area contributed by atoms with Crippen molar-refractivity contribution in [2.45, 2.75) is 6.92 Å². The van der Waals surface area contributed by atoms with Crippen LogP contribution < -0.4 is 15.0 Å². The molecule has 1 fully saturated rings. The molecule has 0 saturated carbocycles. The van der Waals surface area contributed by atoms with Crippen molar-refractivity contribution in [3.8, 4) is 5.88 Å². The fraction of sp³-hybridized carbons (Fsp3) is 0.381. The molecule has 4 rings (SSSR count). The molecule has 30 heavy (non-hydrogen) atoms. The molecule has 3 heterocycles. The Balaban J connectivity index is 1.64. The van der Waals surface area contributed by atoms with Gasteiger partial charge in [0.15, 0.2) is 0 Å². The number of carbonyl (C=O) groups is 1. The van der Waals surface area contributed by atoms with Gasteiger partial charge in [-0.15, -0.1) is 0 Å². The van der Waals surface area contributed by atoms with E-state index in [1.54, 1.807) is 0 Å². The highest BCUT2D eigenvalue weighted by molar-refractivity contribution is 5.96. The van der Waals surface area contributed by atoms with E-state index in [1.165, 1.54) is 0 Å². The summed E-state index contributed by atoms with van der Waals surface area (Å²) in [5.41, 5.74) is 3.00. The Kier molecular flexibility index (Phi) is 5.71. The molecule has 0 atom stereocenters. The first-order valence-electron chi connectivity index (χ1n) is 10.00. The number of anilines is 3. The first kappa shape index (κ1) is 20.0. The largest absolute Gasteiger partial charge is 0.477 e. The summed E-state index contributed by atoms with van der Waals surface area (Å²) in [6, 6.07) is 7.48. The van der Waals surface area contributed by atoms with Crippen LogP contribution in [0.4, 0.5) is 17.3 Å². The molecule has 1 aromatic carbocycles. The van der Waals surface area contributed by atoms with E-state index >= 15 is 0 Å². The van der Waals surface area contributed by atoms with Crippen molar-refractivity contribution in [3.05, 3.63) is 36.0 Å². The molecule has 9 heteroatoms. The zero-order valence-electron chi connectivity index (χ0n) is 17.4. The van der Waals surface area contributed by atoms with Crippen LogP contribution in [-0.2, 0) is 4.74 Å². The maximum atomic E-state index is 12.9. The fourth-order valence-electron chi connectivity index (χ4n) is 3.43. The smallest absolute Gasteiger partial charge is 0.254 e. The monoisotopic (exact) mass is 410 g/mol. The summed E-state index contributed by atoms with van der Waals surface area (Å²) < 4.78 is 11.0. The van der Waals surface area contributed by atoms with Gasteiger partial charge < -0.3 is 29.6 Å². The van der Waals surface area contributed by atoms with Crippen LogP contribution in [0.25, 0.3) is 11.0 Å². The van der Waals surface area contributed by atoms with Crippen LogP contribution in [-0.4, -0.2) is 72.8 Å². The SMILES string of the molecule is CCOc1nc(Nc2ccc(C(=O)N3CCOCC3)cc2N(C)C)nc2[nH]ccc12. The van der Waals surface area contributed by atoms with Crippen molar-refractivity contribution >= 4 is 34.3 Å². The van der Waals surface area contributed by atoms with E-state index in [0.29, 0.717) is 55.9 Å². The molecule has 1 aliphatic heterocycles. The van der Waals surface area contributed by atoms with Gasteiger partial charge in [0, 0.05) is 38.9 Å². The molecule has 2 aromatic heterocycles. The number of hydrogen-bond acceptors (Lipinski definition) is 7. The van der Waals surface area contributed by atoms with Crippen molar-refractivity contribution in [2.75, 3.05) is 57.2 Å². The lowest BCUT2D eigenvalue weighted by Gasteiger charge is -2.27. The highest BCUT2D eigenvalue weighted by Gasteiger charge is 2.20. The molecule has 158 valence electrons. The molecule has 2 N–H and O–H groups in total. The first-order valence-corrected chi connectivity index (χ1v) is 10.00. The van der Waals surface area contributed by atoms with Gasteiger partial charge in [0.1, 0.15) is 5.65 Å². The second-order valence-corrected chi connectivity index (χ2v) is 7.18. The lowest BCUT2D eigenvalue weighted by atomic mass is 10.1. The number of aromatic amines is 1. The van der Waals surface area contributed by atoms with E-state index < -0.39 is 0 Å². The number of ether oxygens (including phenoxy) is 2. The number of rotatable bonds is 6. The van der Waals surface area contributed by atoms with E-state index in [-0.39, 0.29) is 5.91 Å². The second-order valence-electron chi connectivity index (χ2n) is 7.18. The third-order valence-corrected chi connectivity index (χ3v) is 4.93. The first-order chi connectivity index (χ1) is 14.6. The lowest BCUT2D eigenvalue weighted by molar-refractivity contribution is 0.0303. The van der Waals surface area contributed by atoms with E-state index in [4.69, 9.17) is 9.47 Å². The number of carbonyl (C=O) groups excluding carboxylic acids is 1. The van der Waals surface area contributed by atoms with E-state index in [1.807, 2.05) is 61.3 Å². The Hall–Kier alpha value is -3.33. The molecule has 1 saturated heterocycles. The number of morpholine rings is 1. The summed E-state index contributed by atoms with van der Waals surface area (Å²) in [6.07, 6.45) is 1.81. The van der Waals surface area contributed by atoms with Crippen molar-refractivity contribution in [2.24, 2.45) is 0 Å². The average molecular weight is 410 g/mol. The number of aromatic nitrogens is 3. The summed E-state index contributed by atoms with van der Waals surface area (Å²) in [6.45, 7) is 4.81. The van der Waals surface area contributed by atoms with E-state index in [2.05, 4.69) is 20.3 Å². The molecule has 3 aromatic rings. The number of fused-ring (bicyclic) bond motifs is 1. The minimum atomic E-state index is 0.00985. The van der Waals surface area contributed by atoms with Crippen LogP contribution in [0.5, 0.6) is 5.88 Å². The molecule has 0 radical (unpaired) electrons. The quantitative estimate of drug-likeness (QED) is 0.645. The number of benzene rings is 1. The highest BCUT2D eigenvalue weighted by Crippen LogP contribution is 2.30. The van der Waals surface area contributed by atoms with E-state index in [9.17, 15) is 4.79 Å². The standard InChI is InChI=1S/C21H26N6O3/c1-4-30-19-15-7-8-22-18(15)24-21(25-19)23-16-6-5-14(13-17(16)26(2)3)20(28)27-9-11-29-12-10-27/h5-8,13H,4,9-12H2,1-3H3,(H2,22,23,24,25). The molecule has 0 aliphatic carbocycles. The Morgan fingerprint density at radius 3 is 2.80 bits per heavy atom. The zero-order valence-corrected chi connectivity index (χ0v) is 17.4. The van der Waals surface area contributed by atoms with Gasteiger partial charge in [-0.05, 0) is 31.2 Å². The van der Waals surface area contributed by atoms with Gasteiger partial charge in [-0.25, -0.2) is 0 Å². The van der Waals surface area contributed by atoms with Crippen LogP contribution in [0.2, 0.25) is 0 Å². The van der Waals surface area contributed by atoms with Crippen LogP contribution in [0, 0.1) is 0 Å². The summed E-state index contributed by atoms with van der Waals surface area (Å²) in [5, 5.41) is 4.11. The maximum Gasteiger partial charge on any atom is 0.254 e. The number of H-pyrrole nitrogens is 1. The average Bonchev–Trinajstić information content (AvgIpc) is 3.23. The van der Waals surface area contributed by atoms with Gasteiger partial charge in [-0.1, -0.05) is 0 Å². The molecular weight excluding hydrogens is 384 g/mol. The molecule has 9 nitrogen and oxygen atoms in total. The molecule has 0 unspecified atom stereocenters. The maximum absolute atomic E-state index is 12.9. The summed E-state index contributed by atoms with van der Waals surface area (Å²) >= 11 is 0. The predicted octanol–water partition coefficient (Wildman–Crippen LogP) is 2.64. The molecular formula is C21H26N6O3. The topological polar surface area (TPSA) is 95.6 Å². The summed E-state index contributed by atoms with van der Waals surface area (Å²) in [7, 11) is 3.87. The van der Waals surface area contributed by atoms with Crippen molar-refractivity contribution in [1.29, 1.82) is 0 Å². The Labute approximate surface area is 175 Å². The molecule has 1 amide bonds. The molecule has 0 spiro atoms. The van der Waals surface area contributed by atoms with Gasteiger partial charge in [0.25, 0.3) is 5.91 Å². The van der Waals surface area contributed by atoms with Crippen molar-refractivity contribution in [1.82, 2.24) is 19.9 Å². The fourth-order valence-corrected chi connectivity index (χ4v) is 3.43. The van der Waals surface area contributed by atoms with Gasteiger partial charge in [-0.3, -0.25) is 4.79 Å². The third kappa shape index (κ3) is 4.02. The van der Waals surface area contributed by atoms with Crippen molar-refractivity contribution < 1.29 is 14.3 Å². The Morgan fingerprint density at radius 1 is 1.27 bits per heavy atom. The van der Waals surface area contributed by atoms with Gasteiger partial charge in [0.05, 0.1) is 36.6 Å². The van der Waals surface area contributed by atoms with E-state index in [0.717, 1.165) is 16.8 Å². The molecule has 1 aliphatic rings.